The fraction of sp³-hybridized carbons (Fsp3) is 0.326. The van der Waals surface area contributed by atoms with Crippen LogP contribution in [-0.4, -0.2) is 49.2 Å². The standard InChI is InChI=1S/C46H50ClN5O4/c1-4-32(29-45-50(6-3)39-16-10-11-17-42(39)56-45)28-44-49(5-2)38-21-18-34(33-14-8-7-9-15-33)31-41(38)52(44)26-13-12-25-48-43(53)24-27-51-37-23-20-36(47)30-35(37)19-22-40(51)46(54)55/h7-11,14-18,20-21,23,28-31,40H,4-6,12-13,19,22,24-27H2,1-3H3,(H-,48,53,54,55)/p+1. The minimum atomic E-state index is -0.874. The molecule has 0 saturated heterocycles. The van der Waals surface area contributed by atoms with E-state index in [9.17, 15) is 14.7 Å². The number of hydrogen-bond acceptors (Lipinski definition) is 6. The number of oxazole rings is 1. The summed E-state index contributed by atoms with van der Waals surface area (Å²) < 4.78 is 8.57. The number of nitrogens with one attached hydrogen (secondary N) is 1. The largest absolute Gasteiger partial charge is 0.480 e. The van der Waals surface area contributed by atoms with E-state index in [-0.39, 0.29) is 12.3 Å². The van der Waals surface area contributed by atoms with E-state index in [1.165, 1.54) is 22.5 Å². The van der Waals surface area contributed by atoms with Gasteiger partial charge in [0.25, 0.3) is 5.52 Å². The number of amides is 1. The number of unbranched alkanes of at least 4 members (excludes halogenated alkanes) is 1. The molecule has 0 saturated carbocycles. The molecular formula is C46H51ClN5O4+. The van der Waals surface area contributed by atoms with Crippen molar-refractivity contribution < 1.29 is 23.7 Å². The molecule has 4 aromatic carbocycles. The van der Waals surface area contributed by atoms with E-state index in [2.05, 4.69) is 101 Å². The summed E-state index contributed by atoms with van der Waals surface area (Å²) in [5, 5.41) is 13.6. The third-order valence-corrected chi connectivity index (χ3v) is 11.2. The first kappa shape index (κ1) is 38.7. The number of aryl methyl sites for hydroxylation is 2. The van der Waals surface area contributed by atoms with Gasteiger partial charge in [-0.15, -0.1) is 0 Å². The van der Waals surface area contributed by atoms with Gasteiger partial charge in [-0.2, -0.15) is 4.57 Å². The zero-order valence-corrected chi connectivity index (χ0v) is 33.3. The Morgan fingerprint density at radius 2 is 1.68 bits per heavy atom. The second-order valence-electron chi connectivity index (χ2n) is 14.4. The Balaban J connectivity index is 1.07. The summed E-state index contributed by atoms with van der Waals surface area (Å²) in [7, 11) is 0. The zero-order chi connectivity index (χ0) is 39.2. The number of nitrogens with zero attached hydrogens (tertiary/aromatic N) is 4. The molecule has 5 aromatic rings. The van der Waals surface area contributed by atoms with Gasteiger partial charge < -0.3 is 29.5 Å². The highest BCUT2D eigenvalue weighted by Gasteiger charge is 2.33. The van der Waals surface area contributed by atoms with Crippen LogP contribution in [-0.2, 0) is 22.6 Å². The van der Waals surface area contributed by atoms with E-state index in [0.29, 0.717) is 31.0 Å². The molecule has 9 nitrogen and oxygen atoms in total. The van der Waals surface area contributed by atoms with Crippen LogP contribution in [0.15, 0.2) is 113 Å². The van der Waals surface area contributed by atoms with Gasteiger partial charge in [-0.3, -0.25) is 4.79 Å². The van der Waals surface area contributed by atoms with Crippen molar-refractivity contribution in [2.24, 2.45) is 0 Å². The summed E-state index contributed by atoms with van der Waals surface area (Å²) >= 11 is 6.22. The highest BCUT2D eigenvalue weighted by Crippen LogP contribution is 2.44. The monoisotopic (exact) mass is 772 g/mol. The number of anilines is 3. The van der Waals surface area contributed by atoms with Gasteiger partial charge in [0.15, 0.2) is 0 Å². The normalized spacial score (nSPS) is 16.1. The highest BCUT2D eigenvalue weighted by atomic mass is 35.5. The summed E-state index contributed by atoms with van der Waals surface area (Å²) in [4.78, 5) is 31.8. The average molecular weight is 773 g/mol. The van der Waals surface area contributed by atoms with E-state index in [1.807, 2.05) is 41.3 Å². The number of allylic oxidation sites excluding steroid dienone is 2. The van der Waals surface area contributed by atoms with Crippen molar-refractivity contribution in [3.8, 4) is 11.1 Å². The topological polar surface area (TPSA) is 93.1 Å². The number of para-hydroxylation sites is 2. The van der Waals surface area contributed by atoms with Gasteiger partial charge in [-0.25, -0.2) is 4.79 Å². The van der Waals surface area contributed by atoms with E-state index in [1.54, 1.807) is 6.07 Å². The van der Waals surface area contributed by atoms with Gasteiger partial charge in [-0.1, -0.05) is 67.1 Å². The number of fused-ring (bicyclic) bond motifs is 3. The zero-order valence-electron chi connectivity index (χ0n) is 32.5. The predicted molar refractivity (Wildman–Crippen MR) is 226 cm³/mol. The number of benzene rings is 4. The highest BCUT2D eigenvalue weighted by molar-refractivity contribution is 6.30. The smallest absolute Gasteiger partial charge is 0.374 e. The van der Waals surface area contributed by atoms with E-state index in [4.69, 9.17) is 16.0 Å². The molecule has 0 bridgehead atoms. The first-order chi connectivity index (χ1) is 27.3. The maximum absolute atomic E-state index is 13.1. The number of carboxylic acid groups (broad SMARTS) is 1. The fourth-order valence-corrected chi connectivity index (χ4v) is 8.26. The Bertz CT molecular complexity index is 2260. The maximum Gasteiger partial charge on any atom is 0.374 e. The number of carbonyl (C=O) groups is 2. The summed E-state index contributed by atoms with van der Waals surface area (Å²) in [6.45, 7) is 9.77. The predicted octanol–water partition coefficient (Wildman–Crippen LogP) is 9.23. The van der Waals surface area contributed by atoms with Crippen molar-refractivity contribution in [2.75, 3.05) is 40.9 Å². The molecule has 290 valence electrons. The molecule has 0 spiro atoms. The molecule has 2 aliphatic rings. The van der Waals surface area contributed by atoms with Crippen LogP contribution < -0.4 is 24.6 Å². The summed E-state index contributed by atoms with van der Waals surface area (Å²) in [6.07, 6.45) is 8.30. The minimum absolute atomic E-state index is 0.0837. The van der Waals surface area contributed by atoms with Crippen LogP contribution in [0.3, 0.4) is 0 Å². The lowest BCUT2D eigenvalue weighted by Gasteiger charge is -2.36. The molecule has 1 atom stereocenters. The molecule has 3 heterocycles. The molecule has 1 amide bonds. The number of halogens is 1. The van der Waals surface area contributed by atoms with Gasteiger partial charge in [0.2, 0.25) is 11.5 Å². The van der Waals surface area contributed by atoms with Crippen LogP contribution in [0.1, 0.15) is 64.3 Å². The Labute approximate surface area is 334 Å². The van der Waals surface area contributed by atoms with Gasteiger partial charge in [0.1, 0.15) is 18.4 Å². The third kappa shape index (κ3) is 8.19. The van der Waals surface area contributed by atoms with Crippen molar-refractivity contribution >= 4 is 57.7 Å². The molecule has 1 unspecified atom stereocenters. The average Bonchev–Trinajstić information content (AvgIpc) is 3.72. The third-order valence-electron chi connectivity index (χ3n) is 10.9. The van der Waals surface area contributed by atoms with Crippen LogP contribution in [0.4, 0.5) is 17.1 Å². The van der Waals surface area contributed by atoms with Gasteiger partial charge >= 0.3 is 11.9 Å². The van der Waals surface area contributed by atoms with Crippen molar-refractivity contribution in [1.29, 1.82) is 0 Å². The van der Waals surface area contributed by atoms with E-state index >= 15 is 0 Å². The van der Waals surface area contributed by atoms with Crippen LogP contribution in [0.5, 0.6) is 0 Å². The number of hydrogen-bond donors (Lipinski definition) is 2. The van der Waals surface area contributed by atoms with E-state index in [0.717, 1.165) is 78.5 Å². The lowest BCUT2D eigenvalue weighted by Crippen LogP contribution is -2.46. The molecule has 56 heavy (non-hydrogen) atoms. The fourth-order valence-electron chi connectivity index (χ4n) is 8.07. The molecule has 1 aromatic heterocycles. The quantitative estimate of drug-likeness (QED) is 0.0810. The van der Waals surface area contributed by atoms with Crippen molar-refractivity contribution in [3.05, 3.63) is 125 Å². The minimum Gasteiger partial charge on any atom is -0.480 e. The molecule has 10 heteroatoms. The molecule has 2 aliphatic heterocycles. The van der Waals surface area contributed by atoms with Gasteiger partial charge in [0.05, 0.1) is 17.5 Å². The summed E-state index contributed by atoms with van der Waals surface area (Å²) in [5.74, 6) is 1.00. The molecule has 2 N–H and O–H groups in total. The molecule has 7 rings (SSSR count). The van der Waals surface area contributed by atoms with E-state index < -0.39 is 12.0 Å². The molecule has 0 fully saturated rings. The van der Waals surface area contributed by atoms with Crippen molar-refractivity contribution in [2.45, 2.75) is 71.9 Å². The SMILES string of the molecule is CCC(=Cc1oc2ccccc2[n+]1CC)C=C1N(CC)c2ccc(-c3ccccc3)cc2N1CCCCNC(=O)CCN1c2ccc(Cl)cc2CCC1C(=O)O. The number of carboxylic acids is 1. The molecule has 0 aliphatic carbocycles. The van der Waals surface area contributed by atoms with Crippen molar-refractivity contribution in [1.82, 2.24) is 5.32 Å². The summed E-state index contributed by atoms with van der Waals surface area (Å²) in [6, 6.07) is 30.3. The number of aromatic nitrogens is 1. The summed E-state index contributed by atoms with van der Waals surface area (Å²) in [5.41, 5.74) is 9.67. The Morgan fingerprint density at radius 1 is 0.893 bits per heavy atom. The van der Waals surface area contributed by atoms with Gasteiger partial charge in [-0.05, 0) is 111 Å². The molecule has 0 radical (unpaired) electrons. The Hall–Kier alpha value is -5.54. The van der Waals surface area contributed by atoms with Crippen LogP contribution >= 0.6 is 11.6 Å². The second kappa shape index (κ2) is 17.5. The van der Waals surface area contributed by atoms with Crippen LogP contribution in [0.2, 0.25) is 5.02 Å². The maximum atomic E-state index is 13.1. The Kier molecular flexibility index (Phi) is 12.1. The number of aliphatic carboxylic acids is 1. The first-order valence-electron chi connectivity index (χ1n) is 19.9. The van der Waals surface area contributed by atoms with Crippen molar-refractivity contribution in [3.63, 3.8) is 0 Å². The first-order valence-corrected chi connectivity index (χ1v) is 20.3. The Morgan fingerprint density at radius 3 is 2.45 bits per heavy atom. The second-order valence-corrected chi connectivity index (χ2v) is 14.8. The number of rotatable bonds is 15. The number of carbonyl (C=O) groups excluding carboxylic acids is 1. The lowest BCUT2D eigenvalue weighted by atomic mass is 9.95. The molecular weight excluding hydrogens is 722 g/mol. The van der Waals surface area contributed by atoms with Crippen LogP contribution in [0.25, 0.3) is 28.3 Å². The lowest BCUT2D eigenvalue weighted by molar-refractivity contribution is -0.674. The van der Waals surface area contributed by atoms with Crippen LogP contribution in [0, 0.1) is 0 Å². The van der Waals surface area contributed by atoms with Gasteiger partial charge in [0, 0.05) is 49.4 Å².